The van der Waals surface area contributed by atoms with Gasteiger partial charge in [0.15, 0.2) is 0 Å². The highest BCUT2D eigenvalue weighted by molar-refractivity contribution is 9.10. The molecule has 1 aliphatic heterocycles. The number of carbonyl (C=O) groups is 2. The van der Waals surface area contributed by atoms with Crippen LogP contribution in [0.3, 0.4) is 0 Å². The fourth-order valence-corrected chi connectivity index (χ4v) is 2.41. The quantitative estimate of drug-likeness (QED) is 0.677. The van der Waals surface area contributed by atoms with E-state index in [4.69, 9.17) is 5.11 Å². The van der Waals surface area contributed by atoms with Crippen LogP contribution in [0.1, 0.15) is 23.2 Å². The Morgan fingerprint density at radius 1 is 1.30 bits per heavy atom. The first-order chi connectivity index (χ1) is 9.56. The zero-order valence-corrected chi connectivity index (χ0v) is 12.4. The van der Waals surface area contributed by atoms with Crippen molar-refractivity contribution in [3.05, 3.63) is 28.2 Å². The van der Waals surface area contributed by atoms with E-state index < -0.39 is 5.97 Å². The second-order valence-corrected chi connectivity index (χ2v) is 5.48. The van der Waals surface area contributed by atoms with Crippen LogP contribution < -0.4 is 16.0 Å². The molecular weight excluding hydrogens is 326 g/mol. The van der Waals surface area contributed by atoms with Gasteiger partial charge in [0.25, 0.3) is 0 Å². The standard InChI is InChI=1S/C13H16BrN3O3/c14-10-2-1-8(12(18)19)7-11(10)17-13(20)16-9-3-5-15-6-4-9/h1-2,7,9,15H,3-6H2,(H,18,19)(H2,16,17,20). The van der Waals surface area contributed by atoms with E-state index in [1.54, 1.807) is 6.07 Å². The lowest BCUT2D eigenvalue weighted by atomic mass is 10.1. The number of hydrogen-bond donors (Lipinski definition) is 4. The highest BCUT2D eigenvalue weighted by Crippen LogP contribution is 2.23. The lowest BCUT2D eigenvalue weighted by molar-refractivity contribution is 0.0697. The average molecular weight is 342 g/mol. The molecule has 7 heteroatoms. The summed E-state index contributed by atoms with van der Waals surface area (Å²) in [6, 6.07) is 4.33. The first-order valence-corrected chi connectivity index (χ1v) is 7.16. The van der Waals surface area contributed by atoms with Gasteiger partial charge < -0.3 is 21.1 Å². The van der Waals surface area contributed by atoms with E-state index in [2.05, 4.69) is 31.9 Å². The minimum atomic E-state index is -1.03. The minimum absolute atomic E-state index is 0.130. The van der Waals surface area contributed by atoms with Crippen molar-refractivity contribution in [2.75, 3.05) is 18.4 Å². The molecule has 1 aliphatic rings. The van der Waals surface area contributed by atoms with Crippen LogP contribution in [-0.4, -0.2) is 36.2 Å². The molecule has 0 aliphatic carbocycles. The maximum Gasteiger partial charge on any atom is 0.335 e. The largest absolute Gasteiger partial charge is 0.478 e. The van der Waals surface area contributed by atoms with Gasteiger partial charge in [-0.3, -0.25) is 0 Å². The molecule has 0 unspecified atom stereocenters. The van der Waals surface area contributed by atoms with Crippen LogP contribution >= 0.6 is 15.9 Å². The Hall–Kier alpha value is -1.60. The van der Waals surface area contributed by atoms with E-state index in [0.29, 0.717) is 10.2 Å². The van der Waals surface area contributed by atoms with Crippen LogP contribution in [0.5, 0.6) is 0 Å². The summed E-state index contributed by atoms with van der Waals surface area (Å²) in [6.07, 6.45) is 1.79. The smallest absolute Gasteiger partial charge is 0.335 e. The third kappa shape index (κ3) is 3.94. The summed E-state index contributed by atoms with van der Waals surface area (Å²) in [5, 5.41) is 17.7. The highest BCUT2D eigenvalue weighted by atomic mass is 79.9. The van der Waals surface area contributed by atoms with Gasteiger partial charge in [-0.1, -0.05) is 0 Å². The molecule has 0 atom stereocenters. The molecule has 6 nitrogen and oxygen atoms in total. The van der Waals surface area contributed by atoms with Gasteiger partial charge in [0.1, 0.15) is 0 Å². The second-order valence-electron chi connectivity index (χ2n) is 4.62. The molecule has 4 N–H and O–H groups in total. The number of rotatable bonds is 3. The monoisotopic (exact) mass is 341 g/mol. The van der Waals surface area contributed by atoms with Gasteiger partial charge in [-0.05, 0) is 60.1 Å². The van der Waals surface area contributed by atoms with Gasteiger partial charge >= 0.3 is 12.0 Å². The number of carboxylic acid groups (broad SMARTS) is 1. The third-order valence-electron chi connectivity index (χ3n) is 3.14. The number of amides is 2. The summed E-state index contributed by atoms with van der Waals surface area (Å²) in [7, 11) is 0. The summed E-state index contributed by atoms with van der Waals surface area (Å²) < 4.78 is 0.642. The fraction of sp³-hybridized carbons (Fsp3) is 0.385. The van der Waals surface area contributed by atoms with Gasteiger partial charge in [0, 0.05) is 10.5 Å². The second kappa shape index (κ2) is 6.71. The Labute approximate surface area is 125 Å². The summed E-state index contributed by atoms with van der Waals surface area (Å²) in [4.78, 5) is 22.8. The first kappa shape index (κ1) is 14.8. The molecule has 0 saturated carbocycles. The van der Waals surface area contributed by atoms with Crippen molar-refractivity contribution < 1.29 is 14.7 Å². The zero-order chi connectivity index (χ0) is 14.5. The van der Waals surface area contributed by atoms with Crippen molar-refractivity contribution in [3.8, 4) is 0 Å². The van der Waals surface area contributed by atoms with Gasteiger partial charge in [-0.15, -0.1) is 0 Å². The first-order valence-electron chi connectivity index (χ1n) is 6.37. The van der Waals surface area contributed by atoms with Crippen LogP contribution in [0, 0.1) is 0 Å². The summed E-state index contributed by atoms with van der Waals surface area (Å²) >= 11 is 3.29. The van der Waals surface area contributed by atoms with Gasteiger partial charge in [-0.25, -0.2) is 9.59 Å². The predicted octanol–water partition coefficient (Wildman–Crippen LogP) is 2.02. The van der Waals surface area contributed by atoms with Crippen molar-refractivity contribution in [1.29, 1.82) is 0 Å². The molecule has 0 aromatic heterocycles. The Kier molecular flexibility index (Phi) is 4.97. The predicted molar refractivity (Wildman–Crippen MR) is 79.1 cm³/mol. The number of halogens is 1. The van der Waals surface area contributed by atoms with E-state index in [0.717, 1.165) is 25.9 Å². The number of piperidine rings is 1. The third-order valence-corrected chi connectivity index (χ3v) is 3.83. The highest BCUT2D eigenvalue weighted by Gasteiger charge is 2.16. The van der Waals surface area contributed by atoms with E-state index in [9.17, 15) is 9.59 Å². The summed E-state index contributed by atoms with van der Waals surface area (Å²) in [5.74, 6) is -1.03. The van der Waals surface area contributed by atoms with Crippen molar-refractivity contribution in [1.82, 2.24) is 10.6 Å². The van der Waals surface area contributed by atoms with Gasteiger partial charge in [0.05, 0.1) is 11.3 Å². The minimum Gasteiger partial charge on any atom is -0.478 e. The Bertz CT molecular complexity index is 516. The van der Waals surface area contributed by atoms with Crippen molar-refractivity contribution in [3.63, 3.8) is 0 Å². The number of nitrogens with one attached hydrogen (secondary N) is 3. The van der Waals surface area contributed by atoms with Crippen molar-refractivity contribution in [2.24, 2.45) is 0 Å². The van der Waals surface area contributed by atoms with E-state index in [1.165, 1.54) is 12.1 Å². The molecular formula is C13H16BrN3O3. The Morgan fingerprint density at radius 3 is 2.65 bits per heavy atom. The molecule has 2 rings (SSSR count). The number of anilines is 1. The zero-order valence-electron chi connectivity index (χ0n) is 10.8. The average Bonchev–Trinajstić information content (AvgIpc) is 2.42. The van der Waals surface area contributed by atoms with E-state index in [1.807, 2.05) is 0 Å². The molecule has 108 valence electrons. The van der Waals surface area contributed by atoms with E-state index in [-0.39, 0.29) is 17.6 Å². The van der Waals surface area contributed by atoms with Gasteiger partial charge in [0.2, 0.25) is 0 Å². The molecule has 0 spiro atoms. The maximum atomic E-state index is 11.9. The van der Waals surface area contributed by atoms with Crippen LogP contribution in [-0.2, 0) is 0 Å². The summed E-state index contributed by atoms with van der Waals surface area (Å²) in [5.41, 5.74) is 0.571. The lowest BCUT2D eigenvalue weighted by Crippen LogP contribution is -2.44. The number of hydrogen-bond acceptors (Lipinski definition) is 3. The fourth-order valence-electron chi connectivity index (χ4n) is 2.06. The van der Waals surface area contributed by atoms with Crippen LogP contribution in [0.4, 0.5) is 10.5 Å². The van der Waals surface area contributed by atoms with Crippen LogP contribution in [0.25, 0.3) is 0 Å². The van der Waals surface area contributed by atoms with Crippen molar-refractivity contribution in [2.45, 2.75) is 18.9 Å². The topological polar surface area (TPSA) is 90.5 Å². The molecule has 1 aromatic rings. The lowest BCUT2D eigenvalue weighted by Gasteiger charge is -2.23. The molecule has 1 aromatic carbocycles. The maximum absolute atomic E-state index is 11.9. The molecule has 1 heterocycles. The number of carbonyl (C=O) groups excluding carboxylic acids is 1. The molecule has 20 heavy (non-hydrogen) atoms. The Morgan fingerprint density at radius 2 is 2.00 bits per heavy atom. The SMILES string of the molecule is O=C(Nc1cc(C(=O)O)ccc1Br)NC1CCNCC1. The molecule has 1 fully saturated rings. The molecule has 1 saturated heterocycles. The molecule has 2 amide bonds. The summed E-state index contributed by atoms with van der Waals surface area (Å²) in [6.45, 7) is 1.78. The Balaban J connectivity index is 1.99. The number of aromatic carboxylic acids is 1. The van der Waals surface area contributed by atoms with E-state index >= 15 is 0 Å². The van der Waals surface area contributed by atoms with Gasteiger partial charge in [-0.2, -0.15) is 0 Å². The normalized spacial score (nSPS) is 15.7. The van der Waals surface area contributed by atoms with Crippen molar-refractivity contribution >= 4 is 33.6 Å². The molecule has 0 radical (unpaired) electrons. The number of urea groups is 1. The van der Waals surface area contributed by atoms with Crippen LogP contribution in [0.2, 0.25) is 0 Å². The number of benzene rings is 1. The van der Waals surface area contributed by atoms with Crippen LogP contribution in [0.15, 0.2) is 22.7 Å². The molecule has 0 bridgehead atoms. The number of carboxylic acids is 1.